The van der Waals surface area contributed by atoms with Crippen molar-refractivity contribution >= 4 is 11.5 Å². The summed E-state index contributed by atoms with van der Waals surface area (Å²) in [7, 11) is 1.45. The third kappa shape index (κ3) is 2.69. The Hall–Kier alpha value is -3.28. The molecule has 1 N–H and O–H groups in total. The van der Waals surface area contributed by atoms with Gasteiger partial charge in [0.1, 0.15) is 23.8 Å². The summed E-state index contributed by atoms with van der Waals surface area (Å²) in [4.78, 5) is 17.7. The molecular formula is C12H8FN5O3. The molecule has 0 fully saturated rings. The predicted octanol–water partition coefficient (Wildman–Crippen LogP) is 2.23. The molecule has 2 aromatic rings. The zero-order valence-electron chi connectivity index (χ0n) is 10.7. The lowest BCUT2D eigenvalue weighted by atomic mass is 10.2. The molecule has 0 aliphatic rings. The van der Waals surface area contributed by atoms with Crippen molar-refractivity contribution in [2.24, 2.45) is 0 Å². The number of halogens is 1. The molecule has 0 saturated heterocycles. The highest BCUT2D eigenvalue weighted by Crippen LogP contribution is 2.35. The summed E-state index contributed by atoms with van der Waals surface area (Å²) in [6.45, 7) is 0. The van der Waals surface area contributed by atoms with Crippen LogP contribution in [0.2, 0.25) is 0 Å². The Morgan fingerprint density at radius 2 is 2.24 bits per heavy atom. The van der Waals surface area contributed by atoms with Crippen molar-refractivity contribution < 1.29 is 14.1 Å². The van der Waals surface area contributed by atoms with Gasteiger partial charge in [-0.15, -0.1) is 0 Å². The van der Waals surface area contributed by atoms with Gasteiger partial charge in [-0.25, -0.2) is 9.37 Å². The van der Waals surface area contributed by atoms with Crippen LogP contribution in [0.4, 0.5) is 15.9 Å². The van der Waals surface area contributed by atoms with Crippen LogP contribution in [0.3, 0.4) is 0 Å². The van der Waals surface area contributed by atoms with E-state index >= 15 is 0 Å². The Labute approximate surface area is 118 Å². The van der Waals surface area contributed by atoms with Crippen molar-refractivity contribution in [2.75, 3.05) is 12.4 Å². The Bertz CT molecular complexity index is 744. The fourth-order valence-electron chi connectivity index (χ4n) is 1.59. The standard InChI is InChI=1S/C12H8FN5O3/c1-15-11-10(18(19)20)12(17-6-16-11)21-9-4-2-3-8(13)7(9)5-14/h2-4,6H,1H3,(H,15,16,17). The van der Waals surface area contributed by atoms with Crippen LogP contribution in [0.15, 0.2) is 24.5 Å². The van der Waals surface area contributed by atoms with Gasteiger partial charge < -0.3 is 10.1 Å². The number of benzene rings is 1. The van der Waals surface area contributed by atoms with Crippen LogP contribution in [-0.4, -0.2) is 21.9 Å². The summed E-state index contributed by atoms with van der Waals surface area (Å²) < 4.78 is 18.7. The number of hydrogen-bond donors (Lipinski definition) is 1. The van der Waals surface area contributed by atoms with Gasteiger partial charge in [0.2, 0.25) is 5.82 Å². The van der Waals surface area contributed by atoms with E-state index in [9.17, 15) is 14.5 Å². The monoisotopic (exact) mass is 289 g/mol. The van der Waals surface area contributed by atoms with Gasteiger partial charge in [-0.2, -0.15) is 10.2 Å². The van der Waals surface area contributed by atoms with Crippen LogP contribution in [-0.2, 0) is 0 Å². The van der Waals surface area contributed by atoms with E-state index in [2.05, 4.69) is 15.3 Å². The molecule has 0 aliphatic carbocycles. The smallest absolute Gasteiger partial charge is 0.373 e. The summed E-state index contributed by atoms with van der Waals surface area (Å²) in [6.07, 6.45) is 1.06. The molecule has 1 aromatic heterocycles. The Balaban J connectivity index is 2.53. The van der Waals surface area contributed by atoms with Crippen molar-refractivity contribution in [3.63, 3.8) is 0 Å². The second-order valence-corrected chi connectivity index (χ2v) is 3.71. The summed E-state index contributed by atoms with van der Waals surface area (Å²) in [5, 5.41) is 22.5. The lowest BCUT2D eigenvalue weighted by Gasteiger charge is -2.08. The number of nitriles is 1. The normalized spacial score (nSPS) is 9.76. The summed E-state index contributed by atoms with van der Waals surface area (Å²) in [5.74, 6) is -1.40. The third-order valence-corrected chi connectivity index (χ3v) is 2.50. The maximum atomic E-state index is 13.5. The third-order valence-electron chi connectivity index (χ3n) is 2.50. The second kappa shape index (κ2) is 5.79. The Morgan fingerprint density at radius 3 is 2.86 bits per heavy atom. The van der Waals surface area contributed by atoms with E-state index < -0.39 is 16.4 Å². The van der Waals surface area contributed by atoms with Gasteiger partial charge in [0.05, 0.1) is 4.92 Å². The average molecular weight is 289 g/mol. The van der Waals surface area contributed by atoms with Gasteiger partial charge in [-0.3, -0.25) is 10.1 Å². The first-order valence-electron chi connectivity index (χ1n) is 5.62. The highest BCUT2D eigenvalue weighted by molar-refractivity contribution is 5.62. The highest BCUT2D eigenvalue weighted by Gasteiger charge is 2.25. The first kappa shape index (κ1) is 14.1. The first-order chi connectivity index (χ1) is 10.1. The SMILES string of the molecule is CNc1ncnc(Oc2cccc(F)c2C#N)c1[N+](=O)[O-]. The van der Waals surface area contributed by atoms with E-state index in [0.29, 0.717) is 0 Å². The quantitative estimate of drug-likeness (QED) is 0.677. The molecule has 0 amide bonds. The average Bonchev–Trinajstić information content (AvgIpc) is 2.47. The number of rotatable bonds is 4. The second-order valence-electron chi connectivity index (χ2n) is 3.71. The zero-order valence-corrected chi connectivity index (χ0v) is 10.7. The molecule has 0 bridgehead atoms. The van der Waals surface area contributed by atoms with Gasteiger partial charge in [-0.05, 0) is 12.1 Å². The topological polar surface area (TPSA) is 114 Å². The molecule has 0 radical (unpaired) electrons. The maximum absolute atomic E-state index is 13.5. The van der Waals surface area contributed by atoms with Gasteiger partial charge in [-0.1, -0.05) is 6.07 Å². The number of hydrogen-bond acceptors (Lipinski definition) is 7. The van der Waals surface area contributed by atoms with Crippen molar-refractivity contribution in [1.82, 2.24) is 9.97 Å². The molecule has 1 heterocycles. The van der Waals surface area contributed by atoms with E-state index in [1.165, 1.54) is 19.2 Å². The molecule has 0 spiro atoms. The van der Waals surface area contributed by atoms with Crippen LogP contribution in [0.1, 0.15) is 5.56 Å². The number of anilines is 1. The minimum Gasteiger partial charge on any atom is -0.432 e. The van der Waals surface area contributed by atoms with Crippen molar-refractivity contribution in [3.05, 3.63) is 46.0 Å². The van der Waals surface area contributed by atoms with E-state index in [-0.39, 0.29) is 23.0 Å². The van der Waals surface area contributed by atoms with Crippen LogP contribution in [0, 0.1) is 27.3 Å². The molecular weight excluding hydrogens is 281 g/mol. The lowest BCUT2D eigenvalue weighted by molar-refractivity contribution is -0.385. The van der Waals surface area contributed by atoms with E-state index in [1.807, 2.05) is 0 Å². The highest BCUT2D eigenvalue weighted by atomic mass is 19.1. The lowest BCUT2D eigenvalue weighted by Crippen LogP contribution is -2.03. The summed E-state index contributed by atoms with van der Waals surface area (Å²) >= 11 is 0. The van der Waals surface area contributed by atoms with E-state index in [4.69, 9.17) is 10.00 Å². The van der Waals surface area contributed by atoms with Crippen LogP contribution >= 0.6 is 0 Å². The Morgan fingerprint density at radius 1 is 1.48 bits per heavy atom. The first-order valence-corrected chi connectivity index (χ1v) is 5.62. The maximum Gasteiger partial charge on any atom is 0.373 e. The predicted molar refractivity (Wildman–Crippen MR) is 69.4 cm³/mol. The Kier molecular flexibility index (Phi) is 3.90. The van der Waals surface area contributed by atoms with Crippen LogP contribution in [0.5, 0.6) is 11.6 Å². The number of aromatic nitrogens is 2. The van der Waals surface area contributed by atoms with Gasteiger partial charge in [0.25, 0.3) is 0 Å². The van der Waals surface area contributed by atoms with Gasteiger partial charge in [0.15, 0.2) is 5.75 Å². The van der Waals surface area contributed by atoms with Gasteiger partial charge in [0, 0.05) is 7.05 Å². The molecule has 8 nitrogen and oxygen atoms in total. The summed E-state index contributed by atoms with van der Waals surface area (Å²) in [6, 6.07) is 5.34. The van der Waals surface area contributed by atoms with E-state index in [0.717, 1.165) is 12.4 Å². The van der Waals surface area contributed by atoms with Gasteiger partial charge >= 0.3 is 11.6 Å². The molecule has 0 saturated carbocycles. The number of nitrogens with one attached hydrogen (secondary N) is 1. The molecule has 106 valence electrons. The minimum atomic E-state index is -0.791. The van der Waals surface area contributed by atoms with Crippen LogP contribution < -0.4 is 10.1 Å². The number of nitro groups is 1. The molecule has 2 rings (SSSR count). The van der Waals surface area contributed by atoms with Crippen molar-refractivity contribution in [1.29, 1.82) is 5.26 Å². The molecule has 9 heteroatoms. The minimum absolute atomic E-state index is 0.0556. The fourth-order valence-corrected chi connectivity index (χ4v) is 1.59. The molecule has 1 aromatic carbocycles. The van der Waals surface area contributed by atoms with Crippen molar-refractivity contribution in [3.8, 4) is 17.7 Å². The number of nitrogens with zero attached hydrogens (tertiary/aromatic N) is 4. The molecule has 21 heavy (non-hydrogen) atoms. The molecule has 0 aliphatic heterocycles. The fraction of sp³-hybridized carbons (Fsp3) is 0.0833. The largest absolute Gasteiger partial charge is 0.432 e. The summed E-state index contributed by atoms with van der Waals surface area (Å²) in [5.41, 5.74) is -0.871. The number of ether oxygens (including phenoxy) is 1. The molecule has 0 unspecified atom stereocenters. The molecule has 0 atom stereocenters. The van der Waals surface area contributed by atoms with E-state index in [1.54, 1.807) is 6.07 Å². The zero-order chi connectivity index (χ0) is 15.4. The van der Waals surface area contributed by atoms with Crippen molar-refractivity contribution in [2.45, 2.75) is 0 Å². The van der Waals surface area contributed by atoms with Crippen LogP contribution in [0.25, 0.3) is 0 Å².